The molecule has 0 saturated heterocycles. The maximum Gasteiger partial charge on any atom is 0.237 e. The Morgan fingerprint density at radius 2 is 2.15 bits per heavy atom. The number of rotatable bonds is 8. The van der Waals surface area contributed by atoms with E-state index in [1.165, 1.54) is 0 Å². The second-order valence-electron chi connectivity index (χ2n) is 5.13. The van der Waals surface area contributed by atoms with Crippen LogP contribution in [-0.4, -0.2) is 29.9 Å². The summed E-state index contributed by atoms with van der Waals surface area (Å²) in [7, 11) is 0. The number of benzene rings is 1. The summed E-state index contributed by atoms with van der Waals surface area (Å²) in [5.41, 5.74) is 7.70. The quantitative estimate of drug-likeness (QED) is 0.566. The smallest absolute Gasteiger partial charge is 0.237 e. The Hall–Kier alpha value is -1.55. The zero-order valence-corrected chi connectivity index (χ0v) is 12.9. The zero-order valence-electron chi connectivity index (χ0n) is 12.9. The van der Waals surface area contributed by atoms with Gasteiger partial charge in [-0.15, -0.1) is 0 Å². The number of unbranched alkanes of at least 4 members (excludes halogenated alkanes) is 1. The zero-order chi connectivity index (χ0) is 15.0. The Balaban J connectivity index is 2.58. The van der Waals surface area contributed by atoms with Crippen LogP contribution in [-0.2, 0) is 11.3 Å². The van der Waals surface area contributed by atoms with E-state index < -0.39 is 0 Å². The van der Waals surface area contributed by atoms with Gasteiger partial charge in [-0.05, 0) is 37.6 Å². The summed E-state index contributed by atoms with van der Waals surface area (Å²) in [5.74, 6) is 0.101. The summed E-state index contributed by atoms with van der Waals surface area (Å²) < 4.78 is 0. The summed E-state index contributed by atoms with van der Waals surface area (Å²) in [4.78, 5) is 14.2. The van der Waals surface area contributed by atoms with Crippen LogP contribution in [0.4, 0.5) is 5.69 Å². The number of carbonyl (C=O) groups is 1. The van der Waals surface area contributed by atoms with Crippen LogP contribution in [0.5, 0.6) is 0 Å². The Kier molecular flexibility index (Phi) is 7.09. The molecule has 0 saturated carbocycles. The molecule has 3 N–H and O–H groups in total. The third-order valence-corrected chi connectivity index (χ3v) is 3.50. The number of likely N-dealkylation sites (N-methyl/N-ethyl adjacent to an activating group) is 1. The third kappa shape index (κ3) is 5.21. The fourth-order valence-electron chi connectivity index (χ4n) is 2.15. The lowest BCUT2D eigenvalue weighted by Gasteiger charge is -2.27. The van der Waals surface area contributed by atoms with E-state index in [2.05, 4.69) is 24.1 Å². The molecule has 1 unspecified atom stereocenters. The van der Waals surface area contributed by atoms with Gasteiger partial charge in [-0.25, -0.2) is 0 Å². The van der Waals surface area contributed by atoms with Gasteiger partial charge < -0.3 is 11.1 Å². The average molecular weight is 277 g/mol. The molecule has 1 rings (SSSR count). The normalized spacial score (nSPS) is 12.4. The van der Waals surface area contributed by atoms with Gasteiger partial charge in [0.2, 0.25) is 5.91 Å². The Morgan fingerprint density at radius 1 is 1.40 bits per heavy atom. The van der Waals surface area contributed by atoms with Gasteiger partial charge in [-0.3, -0.25) is 9.69 Å². The molecule has 112 valence electrons. The topological polar surface area (TPSA) is 58.4 Å². The number of nitrogen functional groups attached to an aromatic ring is 1. The van der Waals surface area contributed by atoms with E-state index >= 15 is 0 Å². The predicted molar refractivity (Wildman–Crippen MR) is 84.3 cm³/mol. The van der Waals surface area contributed by atoms with Crippen LogP contribution in [0.15, 0.2) is 24.3 Å². The van der Waals surface area contributed by atoms with Crippen molar-refractivity contribution in [3.05, 3.63) is 29.8 Å². The van der Waals surface area contributed by atoms with E-state index in [9.17, 15) is 4.79 Å². The van der Waals surface area contributed by atoms with Crippen molar-refractivity contribution < 1.29 is 4.79 Å². The minimum atomic E-state index is -0.127. The number of hydrogen-bond donors (Lipinski definition) is 2. The largest absolute Gasteiger partial charge is 0.399 e. The molecule has 20 heavy (non-hydrogen) atoms. The van der Waals surface area contributed by atoms with Crippen LogP contribution in [0.25, 0.3) is 0 Å². The number of anilines is 1. The first-order valence-corrected chi connectivity index (χ1v) is 7.44. The molecular formula is C16H27N3O. The van der Waals surface area contributed by atoms with Crippen LogP contribution < -0.4 is 11.1 Å². The van der Waals surface area contributed by atoms with Crippen LogP contribution in [0.2, 0.25) is 0 Å². The van der Waals surface area contributed by atoms with Crippen LogP contribution in [0, 0.1) is 0 Å². The van der Waals surface area contributed by atoms with Crippen molar-refractivity contribution >= 4 is 11.6 Å². The molecule has 4 nitrogen and oxygen atoms in total. The number of nitrogens with two attached hydrogens (primary N) is 1. The monoisotopic (exact) mass is 277 g/mol. The number of nitrogens with one attached hydrogen (secondary N) is 1. The maximum atomic E-state index is 12.1. The summed E-state index contributed by atoms with van der Waals surface area (Å²) in [6, 6.07) is 7.70. The van der Waals surface area contributed by atoms with Crippen molar-refractivity contribution in [2.45, 2.75) is 46.2 Å². The van der Waals surface area contributed by atoms with E-state index in [1.807, 2.05) is 31.2 Å². The molecule has 0 aliphatic rings. The van der Waals surface area contributed by atoms with Crippen molar-refractivity contribution in [3.8, 4) is 0 Å². The first kappa shape index (κ1) is 16.5. The van der Waals surface area contributed by atoms with Crippen LogP contribution in [0.3, 0.4) is 0 Å². The summed E-state index contributed by atoms with van der Waals surface area (Å²) in [6.45, 7) is 8.48. The molecule has 1 atom stereocenters. The molecule has 0 spiro atoms. The Bertz CT molecular complexity index is 420. The molecule has 0 aliphatic heterocycles. The van der Waals surface area contributed by atoms with Gasteiger partial charge in [0.05, 0.1) is 6.04 Å². The molecule has 1 aromatic rings. The second kappa shape index (κ2) is 8.59. The molecule has 0 aliphatic carbocycles. The third-order valence-electron chi connectivity index (χ3n) is 3.50. The molecule has 0 fully saturated rings. The highest BCUT2D eigenvalue weighted by molar-refractivity contribution is 5.81. The van der Waals surface area contributed by atoms with E-state index in [-0.39, 0.29) is 11.9 Å². The highest BCUT2D eigenvalue weighted by Crippen LogP contribution is 2.11. The second-order valence-corrected chi connectivity index (χ2v) is 5.13. The first-order valence-electron chi connectivity index (χ1n) is 7.44. The summed E-state index contributed by atoms with van der Waals surface area (Å²) >= 11 is 0. The van der Waals surface area contributed by atoms with E-state index in [0.717, 1.165) is 43.7 Å². The number of carbonyl (C=O) groups excluding carboxylic acids is 1. The van der Waals surface area contributed by atoms with Gasteiger partial charge in [0.1, 0.15) is 0 Å². The SMILES string of the molecule is CCCCNC(=O)C(C)N(CC)Cc1cccc(N)c1. The van der Waals surface area contributed by atoms with Gasteiger partial charge in [0.15, 0.2) is 0 Å². The number of amides is 1. The fraction of sp³-hybridized carbons (Fsp3) is 0.562. The molecule has 1 aromatic carbocycles. The summed E-state index contributed by atoms with van der Waals surface area (Å²) in [5, 5.41) is 2.99. The van der Waals surface area contributed by atoms with E-state index in [1.54, 1.807) is 0 Å². The molecule has 0 bridgehead atoms. The fourth-order valence-corrected chi connectivity index (χ4v) is 2.15. The average Bonchev–Trinajstić information content (AvgIpc) is 2.44. The minimum absolute atomic E-state index is 0.101. The van der Waals surface area contributed by atoms with Crippen LogP contribution >= 0.6 is 0 Å². The number of nitrogens with zero attached hydrogens (tertiary/aromatic N) is 1. The van der Waals surface area contributed by atoms with Gasteiger partial charge in [0.25, 0.3) is 0 Å². The lowest BCUT2D eigenvalue weighted by Crippen LogP contribution is -2.44. The minimum Gasteiger partial charge on any atom is -0.399 e. The summed E-state index contributed by atoms with van der Waals surface area (Å²) in [6.07, 6.45) is 2.12. The van der Waals surface area contributed by atoms with E-state index in [4.69, 9.17) is 5.73 Å². The molecule has 0 radical (unpaired) electrons. The standard InChI is InChI=1S/C16H27N3O/c1-4-6-10-18-16(20)13(3)19(5-2)12-14-8-7-9-15(17)11-14/h7-9,11,13H,4-6,10,12,17H2,1-3H3,(H,18,20). The highest BCUT2D eigenvalue weighted by Gasteiger charge is 2.19. The Labute approximate surface area is 122 Å². The molecule has 0 heterocycles. The van der Waals surface area contributed by atoms with E-state index in [0.29, 0.717) is 0 Å². The lowest BCUT2D eigenvalue weighted by molar-refractivity contribution is -0.126. The molecule has 1 amide bonds. The van der Waals surface area contributed by atoms with Crippen LogP contribution in [0.1, 0.15) is 39.2 Å². The van der Waals surface area contributed by atoms with Gasteiger partial charge in [-0.1, -0.05) is 32.4 Å². The Morgan fingerprint density at radius 3 is 2.75 bits per heavy atom. The van der Waals surface area contributed by atoms with Crippen molar-refractivity contribution in [3.63, 3.8) is 0 Å². The van der Waals surface area contributed by atoms with Gasteiger partial charge in [0, 0.05) is 18.8 Å². The first-order chi connectivity index (χ1) is 9.58. The maximum absolute atomic E-state index is 12.1. The molecule has 0 aromatic heterocycles. The van der Waals surface area contributed by atoms with Gasteiger partial charge in [-0.2, -0.15) is 0 Å². The van der Waals surface area contributed by atoms with Crippen molar-refractivity contribution in [2.75, 3.05) is 18.8 Å². The van der Waals surface area contributed by atoms with Gasteiger partial charge >= 0.3 is 0 Å². The molecule has 4 heteroatoms. The van der Waals surface area contributed by atoms with Crippen molar-refractivity contribution in [1.29, 1.82) is 0 Å². The lowest BCUT2D eigenvalue weighted by atomic mass is 10.1. The number of hydrogen-bond acceptors (Lipinski definition) is 3. The highest BCUT2D eigenvalue weighted by atomic mass is 16.2. The molecular weight excluding hydrogens is 250 g/mol. The van der Waals surface area contributed by atoms with Crippen molar-refractivity contribution in [2.24, 2.45) is 0 Å². The predicted octanol–water partition coefficient (Wildman–Crippen LogP) is 2.40. The van der Waals surface area contributed by atoms with Crippen molar-refractivity contribution in [1.82, 2.24) is 10.2 Å².